The summed E-state index contributed by atoms with van der Waals surface area (Å²) in [6.45, 7) is 1.82. The molecule has 21 heavy (non-hydrogen) atoms. The molecule has 0 amide bonds. The van der Waals surface area contributed by atoms with Gasteiger partial charge in [0.2, 0.25) is 0 Å². The van der Waals surface area contributed by atoms with Crippen molar-refractivity contribution in [1.82, 2.24) is 14.5 Å². The maximum Gasteiger partial charge on any atom is 0.155 e. The first kappa shape index (κ1) is 14.6. The van der Waals surface area contributed by atoms with Crippen molar-refractivity contribution in [2.24, 2.45) is 0 Å². The minimum Gasteiger partial charge on any atom is -0.360 e. The number of aromatic nitrogens is 3. The van der Waals surface area contributed by atoms with Crippen LogP contribution in [0.3, 0.4) is 0 Å². The Morgan fingerprint density at radius 1 is 1.29 bits per heavy atom. The van der Waals surface area contributed by atoms with E-state index in [9.17, 15) is 4.21 Å². The van der Waals surface area contributed by atoms with E-state index in [1.54, 1.807) is 28.9 Å². The van der Waals surface area contributed by atoms with E-state index in [4.69, 9.17) is 27.7 Å². The van der Waals surface area contributed by atoms with Gasteiger partial charge in [-0.05, 0) is 13.0 Å². The molecule has 0 fully saturated rings. The first-order valence-electron chi connectivity index (χ1n) is 6.11. The van der Waals surface area contributed by atoms with Crippen LogP contribution < -0.4 is 0 Å². The second-order valence-electron chi connectivity index (χ2n) is 4.63. The highest BCUT2D eigenvalue weighted by Gasteiger charge is 2.12. The molecule has 0 aliphatic heterocycles. The molecule has 0 saturated carbocycles. The molecule has 0 saturated heterocycles. The molecular formula is C13H11Cl2N3O2S. The van der Waals surface area contributed by atoms with Crippen molar-refractivity contribution in [3.63, 3.8) is 0 Å². The van der Waals surface area contributed by atoms with E-state index in [1.165, 1.54) is 0 Å². The fourth-order valence-electron chi connectivity index (χ4n) is 2.00. The van der Waals surface area contributed by atoms with Crippen molar-refractivity contribution in [1.29, 1.82) is 0 Å². The third-order valence-electron chi connectivity index (χ3n) is 2.81. The lowest BCUT2D eigenvalue weighted by Crippen LogP contribution is -1.98. The van der Waals surface area contributed by atoms with Crippen molar-refractivity contribution >= 4 is 39.6 Å². The maximum absolute atomic E-state index is 12.1. The molecular weight excluding hydrogens is 333 g/mol. The van der Waals surface area contributed by atoms with Crippen LogP contribution in [0.1, 0.15) is 17.1 Å². The number of hydrogen-bond acceptors (Lipinski definition) is 4. The largest absolute Gasteiger partial charge is 0.360 e. The Kier molecular flexibility index (Phi) is 4.01. The molecule has 110 valence electrons. The number of pyridine rings is 1. The summed E-state index contributed by atoms with van der Waals surface area (Å²) in [5.74, 6) is 1.23. The van der Waals surface area contributed by atoms with Crippen LogP contribution in [0.5, 0.6) is 0 Å². The summed E-state index contributed by atoms with van der Waals surface area (Å²) in [7, 11) is -1.13. The zero-order chi connectivity index (χ0) is 15.0. The van der Waals surface area contributed by atoms with Crippen molar-refractivity contribution < 1.29 is 8.73 Å². The molecule has 3 aromatic rings. The summed E-state index contributed by atoms with van der Waals surface area (Å²) in [6.07, 6.45) is 3.48. The molecule has 3 rings (SSSR count). The molecule has 8 heteroatoms. The molecule has 3 heterocycles. The number of rotatable bonds is 4. The van der Waals surface area contributed by atoms with Crippen LogP contribution in [0.15, 0.2) is 29.0 Å². The summed E-state index contributed by atoms with van der Waals surface area (Å²) in [4.78, 5) is 4.37. The van der Waals surface area contributed by atoms with Crippen LogP contribution in [-0.4, -0.2) is 18.8 Å². The first-order chi connectivity index (χ1) is 10.0. The number of halogens is 2. The highest BCUT2D eigenvalue weighted by Crippen LogP contribution is 2.22. The van der Waals surface area contributed by atoms with Crippen molar-refractivity contribution in [2.45, 2.75) is 18.4 Å². The Hall–Kier alpha value is -1.37. The lowest BCUT2D eigenvalue weighted by Gasteiger charge is -1.95. The minimum atomic E-state index is -1.13. The van der Waals surface area contributed by atoms with E-state index in [0.717, 1.165) is 5.69 Å². The molecule has 0 spiro atoms. The van der Waals surface area contributed by atoms with Crippen LogP contribution in [0.4, 0.5) is 0 Å². The summed E-state index contributed by atoms with van der Waals surface area (Å²) in [6, 6.07) is 3.40. The average molecular weight is 344 g/mol. The topological polar surface area (TPSA) is 60.4 Å². The first-order valence-corrected chi connectivity index (χ1v) is 8.35. The lowest BCUT2D eigenvalue weighted by molar-refractivity contribution is 0.390. The molecule has 1 atom stereocenters. The number of nitrogens with zero attached hydrogens (tertiary/aromatic N) is 3. The number of imidazole rings is 1. The van der Waals surface area contributed by atoms with Gasteiger partial charge in [-0.1, -0.05) is 28.4 Å². The third kappa shape index (κ3) is 3.28. The number of hydrogen-bond donors (Lipinski definition) is 0. The zero-order valence-electron chi connectivity index (χ0n) is 11.0. The molecule has 0 radical (unpaired) electrons. The van der Waals surface area contributed by atoms with E-state index in [-0.39, 0.29) is 0 Å². The highest BCUT2D eigenvalue weighted by molar-refractivity contribution is 7.83. The van der Waals surface area contributed by atoms with Crippen molar-refractivity contribution in [2.75, 3.05) is 0 Å². The van der Waals surface area contributed by atoms with Crippen molar-refractivity contribution in [3.05, 3.63) is 51.7 Å². The molecule has 5 nitrogen and oxygen atoms in total. The second kappa shape index (κ2) is 5.79. The molecule has 0 bridgehead atoms. The van der Waals surface area contributed by atoms with Crippen LogP contribution in [0, 0.1) is 6.92 Å². The molecule has 0 N–H and O–H groups in total. The normalized spacial score (nSPS) is 12.9. The van der Waals surface area contributed by atoms with Gasteiger partial charge in [-0.3, -0.25) is 4.21 Å². The van der Waals surface area contributed by atoms with Gasteiger partial charge in [0, 0.05) is 29.3 Å². The molecule has 3 aromatic heterocycles. The van der Waals surface area contributed by atoms with Gasteiger partial charge in [-0.2, -0.15) is 0 Å². The smallest absolute Gasteiger partial charge is 0.155 e. The van der Waals surface area contributed by atoms with Crippen LogP contribution in [0.2, 0.25) is 10.0 Å². The van der Waals surface area contributed by atoms with Crippen molar-refractivity contribution in [3.8, 4) is 0 Å². The van der Waals surface area contributed by atoms with Gasteiger partial charge in [0.1, 0.15) is 5.76 Å². The Morgan fingerprint density at radius 3 is 2.81 bits per heavy atom. The second-order valence-corrected chi connectivity index (χ2v) is 6.93. The molecule has 0 aliphatic rings. The molecule has 0 aliphatic carbocycles. The molecule has 0 unspecified atom stereocenters. The van der Waals surface area contributed by atoms with Crippen LogP contribution in [0.25, 0.3) is 5.65 Å². The third-order valence-corrected chi connectivity index (χ3v) is 4.52. The van der Waals surface area contributed by atoms with Gasteiger partial charge in [0.25, 0.3) is 0 Å². The van der Waals surface area contributed by atoms with Gasteiger partial charge in [0.15, 0.2) is 5.65 Å². The number of fused-ring (bicyclic) bond motifs is 1. The lowest BCUT2D eigenvalue weighted by atomic mass is 10.4. The summed E-state index contributed by atoms with van der Waals surface area (Å²) in [5, 5.41) is 4.76. The van der Waals surface area contributed by atoms with Gasteiger partial charge in [0.05, 0.1) is 32.9 Å². The molecule has 0 aromatic carbocycles. The predicted molar refractivity (Wildman–Crippen MR) is 82.0 cm³/mol. The Morgan fingerprint density at radius 2 is 2.10 bits per heavy atom. The van der Waals surface area contributed by atoms with E-state index >= 15 is 0 Å². The standard InChI is InChI=1S/C13H11Cl2N3O2S/c1-8-2-11(20-17-8)7-21(19)6-10-5-18-4-9(14)3-12(15)13(18)16-10/h2-5H,6-7H2,1H3/t21-/m1/s1. The van der Waals surface area contributed by atoms with Gasteiger partial charge >= 0.3 is 0 Å². The summed E-state index contributed by atoms with van der Waals surface area (Å²) in [5.41, 5.74) is 2.06. The SMILES string of the molecule is Cc1cc(C[S@](=O)Cc2cn3cc(Cl)cc(Cl)c3n2)on1. The quantitative estimate of drug-likeness (QED) is 0.728. The zero-order valence-corrected chi connectivity index (χ0v) is 13.4. The highest BCUT2D eigenvalue weighted by atomic mass is 35.5. The van der Waals surface area contributed by atoms with E-state index in [1.807, 2.05) is 6.92 Å². The monoisotopic (exact) mass is 343 g/mol. The predicted octanol–water partition coefficient (Wildman–Crippen LogP) is 3.39. The summed E-state index contributed by atoms with van der Waals surface area (Å²) < 4.78 is 18.9. The van der Waals surface area contributed by atoms with Gasteiger partial charge in [-0.15, -0.1) is 0 Å². The van der Waals surface area contributed by atoms with E-state index < -0.39 is 10.8 Å². The maximum atomic E-state index is 12.1. The van der Waals surface area contributed by atoms with Crippen LogP contribution in [-0.2, 0) is 22.3 Å². The van der Waals surface area contributed by atoms with Crippen LogP contribution >= 0.6 is 23.2 Å². The number of aryl methyl sites for hydroxylation is 1. The Labute approximate surface area is 133 Å². The fraction of sp³-hybridized carbons (Fsp3) is 0.231. The Balaban J connectivity index is 1.78. The van der Waals surface area contributed by atoms with Gasteiger partial charge < -0.3 is 8.92 Å². The fourth-order valence-corrected chi connectivity index (χ4v) is 3.56. The van der Waals surface area contributed by atoms with E-state index in [2.05, 4.69) is 10.1 Å². The minimum absolute atomic E-state index is 0.309. The average Bonchev–Trinajstić information content (AvgIpc) is 2.95. The summed E-state index contributed by atoms with van der Waals surface area (Å²) >= 11 is 12.0. The van der Waals surface area contributed by atoms with Gasteiger partial charge in [-0.25, -0.2) is 4.98 Å². The van der Waals surface area contributed by atoms with E-state index in [0.29, 0.717) is 38.7 Å². The Bertz CT molecular complexity index is 828.